The number of nitrogens with zero attached hydrogens (tertiary/aromatic N) is 4. The van der Waals surface area contributed by atoms with E-state index in [-0.39, 0.29) is 47.8 Å². The Hall–Kier alpha value is -5.92. The molecule has 9 unspecified atom stereocenters. The number of aromatic nitrogens is 4. The quantitative estimate of drug-likeness (QED) is 0.105. The number of nitrogens with one attached hydrogen (secondary N) is 4. The van der Waals surface area contributed by atoms with Crippen molar-refractivity contribution < 1.29 is 28.7 Å². The molecule has 4 amide bonds. The molecule has 5 aromatic rings. The lowest BCUT2D eigenvalue weighted by Gasteiger charge is -2.37. The fourth-order valence-electron chi connectivity index (χ4n) is 10.2. The average Bonchev–Trinajstić information content (AvgIpc) is 3.88. The summed E-state index contributed by atoms with van der Waals surface area (Å²) < 4.78 is 9.70. The highest BCUT2D eigenvalue weighted by Crippen LogP contribution is 2.54. The summed E-state index contributed by atoms with van der Waals surface area (Å²) in [4.78, 5) is 73.4. The van der Waals surface area contributed by atoms with Gasteiger partial charge < -0.3 is 39.9 Å². The van der Waals surface area contributed by atoms with Gasteiger partial charge >= 0.3 is 12.2 Å². The minimum atomic E-state index is -0.684. The van der Waals surface area contributed by atoms with Crippen LogP contribution in [0.4, 0.5) is 9.59 Å². The predicted octanol–water partition coefficient (Wildman–Crippen LogP) is 7.64. The Morgan fingerprint density at radius 1 is 0.783 bits per heavy atom. The number of likely N-dealkylation sites (tertiary alicyclic amines) is 2. The Morgan fingerprint density at radius 2 is 1.48 bits per heavy atom. The number of carbonyl (C=O) groups is 4. The van der Waals surface area contributed by atoms with Crippen LogP contribution in [0.1, 0.15) is 90.0 Å². The SMILES string of the molecule is CCC(C)C(NC(=O)OC)C(=O)N1C(c2nc3ccc4cc(-c5ccc(-c6cnc(C7C8CCC(C8)N7C(=O)C(NC(=O)OC)C(C)C)[nH]6)cc5)ccc4c3[nH]2)CC2CC21. The summed E-state index contributed by atoms with van der Waals surface area (Å²) in [6, 6.07) is 17.5. The molecule has 0 radical (unpaired) electrons. The Labute approximate surface area is 349 Å². The standard InChI is InChI=1S/C46H54N8O6/c1-7-24(4)38(52-46(58)60-6)44(56)54-35-20-30(35)21-36(54)41-48-33-17-14-28-18-27(13-16-32(28)39(33)50-41)25-8-10-26(11-9-25)34-22-47-42(49-34)40-29-12-15-31(19-29)53(40)43(55)37(23(2)3)51-45(57)59-5/h8-11,13-14,16-18,22-24,29-31,35-38,40H,7,12,15,19-21H2,1-6H3,(H,47,49)(H,48,50)(H,51,57)(H,52,58). The fraction of sp³-hybridized carbons (Fsp3) is 0.478. The second-order valence-corrected chi connectivity index (χ2v) is 17.6. The zero-order chi connectivity index (χ0) is 42.0. The van der Waals surface area contributed by atoms with E-state index in [1.165, 1.54) is 14.2 Å². The van der Waals surface area contributed by atoms with Crippen molar-refractivity contribution >= 4 is 45.8 Å². The molecule has 14 nitrogen and oxygen atoms in total. The van der Waals surface area contributed by atoms with Crippen LogP contribution in [-0.2, 0) is 19.1 Å². The maximum Gasteiger partial charge on any atom is 0.407 e. The molecule has 2 saturated heterocycles. The molecule has 14 heteroatoms. The van der Waals surface area contributed by atoms with Crippen molar-refractivity contribution in [1.29, 1.82) is 0 Å². The number of hydrogen-bond donors (Lipinski definition) is 4. The van der Waals surface area contributed by atoms with E-state index in [0.29, 0.717) is 11.8 Å². The Bertz CT molecular complexity index is 2460. The number of H-pyrrole nitrogens is 2. The first kappa shape index (κ1) is 39.5. The number of hydrogen-bond acceptors (Lipinski definition) is 8. The maximum absolute atomic E-state index is 14.1. The number of alkyl carbamates (subject to hydrolysis) is 2. The molecule has 4 heterocycles. The Balaban J connectivity index is 0.931. The van der Waals surface area contributed by atoms with E-state index in [1.54, 1.807) is 0 Å². The first-order valence-electron chi connectivity index (χ1n) is 21.4. The highest BCUT2D eigenvalue weighted by molar-refractivity contribution is 6.05. The maximum atomic E-state index is 14.1. The van der Waals surface area contributed by atoms with Gasteiger partial charge in [0.1, 0.15) is 23.7 Å². The largest absolute Gasteiger partial charge is 0.453 e. The van der Waals surface area contributed by atoms with E-state index >= 15 is 0 Å². The van der Waals surface area contributed by atoms with Gasteiger partial charge in [0.2, 0.25) is 11.8 Å². The fourth-order valence-corrected chi connectivity index (χ4v) is 10.2. The second-order valence-electron chi connectivity index (χ2n) is 17.6. The average molecular weight is 815 g/mol. The van der Waals surface area contributed by atoms with E-state index < -0.39 is 24.3 Å². The number of rotatable bonds is 11. The minimum absolute atomic E-state index is 0.0528. The summed E-state index contributed by atoms with van der Waals surface area (Å²) in [5, 5.41) is 7.69. The molecule has 4 N–H and O–H groups in total. The van der Waals surface area contributed by atoms with Gasteiger partial charge in [-0.05, 0) is 90.0 Å². The molecule has 314 valence electrons. The third-order valence-corrected chi connectivity index (χ3v) is 13.7. The van der Waals surface area contributed by atoms with Crippen LogP contribution >= 0.6 is 0 Å². The van der Waals surface area contributed by atoms with Crippen LogP contribution in [0.15, 0.2) is 60.8 Å². The van der Waals surface area contributed by atoms with Crippen LogP contribution in [0.2, 0.25) is 0 Å². The smallest absolute Gasteiger partial charge is 0.407 e. The van der Waals surface area contributed by atoms with Gasteiger partial charge in [-0.15, -0.1) is 0 Å². The van der Waals surface area contributed by atoms with Crippen molar-refractivity contribution in [2.45, 2.75) is 102 Å². The summed E-state index contributed by atoms with van der Waals surface area (Å²) in [7, 11) is 2.62. The lowest BCUT2D eigenvalue weighted by Crippen LogP contribution is -2.54. The van der Waals surface area contributed by atoms with Gasteiger partial charge in [0.15, 0.2) is 0 Å². The number of fused-ring (bicyclic) bond motifs is 6. The number of amides is 4. The molecule has 3 aromatic carbocycles. The van der Waals surface area contributed by atoms with Gasteiger partial charge in [-0.25, -0.2) is 19.6 Å². The number of methoxy groups -OCH3 is 2. The molecule has 2 aliphatic heterocycles. The van der Waals surface area contributed by atoms with Gasteiger partial charge in [0.25, 0.3) is 0 Å². The van der Waals surface area contributed by atoms with E-state index in [9.17, 15) is 19.2 Å². The highest BCUT2D eigenvalue weighted by atomic mass is 16.5. The van der Waals surface area contributed by atoms with Gasteiger partial charge in [-0.2, -0.15) is 0 Å². The molecule has 2 aromatic heterocycles. The number of aromatic amines is 2. The molecule has 4 aliphatic rings. The Kier molecular flexibility index (Phi) is 10.3. The van der Waals surface area contributed by atoms with Crippen molar-refractivity contribution in [3.05, 3.63) is 72.4 Å². The van der Waals surface area contributed by atoms with Crippen molar-refractivity contribution in [1.82, 2.24) is 40.4 Å². The Morgan fingerprint density at radius 3 is 2.20 bits per heavy atom. The van der Waals surface area contributed by atoms with Gasteiger partial charge in [-0.3, -0.25) is 9.59 Å². The van der Waals surface area contributed by atoms with E-state index in [4.69, 9.17) is 19.4 Å². The summed E-state index contributed by atoms with van der Waals surface area (Å²) >= 11 is 0. The monoisotopic (exact) mass is 814 g/mol. The molecule has 2 bridgehead atoms. The molecule has 2 aliphatic carbocycles. The summed E-state index contributed by atoms with van der Waals surface area (Å²) in [6.07, 6.45) is 6.12. The lowest BCUT2D eigenvalue weighted by molar-refractivity contribution is -0.139. The molecule has 9 rings (SSSR count). The molecule has 2 saturated carbocycles. The predicted molar refractivity (Wildman–Crippen MR) is 226 cm³/mol. The second kappa shape index (κ2) is 15.6. The summed E-state index contributed by atoms with van der Waals surface area (Å²) in [5.74, 6) is 1.96. The normalized spacial score (nSPS) is 24.4. The van der Waals surface area contributed by atoms with Gasteiger partial charge in [0.05, 0.1) is 49.2 Å². The molecule has 4 fully saturated rings. The number of imidazole rings is 2. The first-order valence-corrected chi connectivity index (χ1v) is 21.4. The summed E-state index contributed by atoms with van der Waals surface area (Å²) in [5.41, 5.74) is 5.82. The molecule has 9 atom stereocenters. The van der Waals surface area contributed by atoms with Gasteiger partial charge in [-0.1, -0.05) is 76.6 Å². The van der Waals surface area contributed by atoms with Crippen LogP contribution in [-0.4, -0.2) is 92.1 Å². The molecular weight excluding hydrogens is 761 g/mol. The molecular formula is C46H54N8O6. The molecule has 0 spiro atoms. The third kappa shape index (κ3) is 6.93. The van der Waals surface area contributed by atoms with E-state index in [2.05, 4.69) is 69.1 Å². The van der Waals surface area contributed by atoms with E-state index in [1.807, 2.05) is 49.8 Å². The van der Waals surface area contributed by atoms with Crippen LogP contribution < -0.4 is 10.6 Å². The first-order chi connectivity index (χ1) is 29.0. The zero-order valence-electron chi connectivity index (χ0n) is 35.0. The van der Waals surface area contributed by atoms with Crippen LogP contribution in [0.3, 0.4) is 0 Å². The number of benzene rings is 3. The van der Waals surface area contributed by atoms with Crippen molar-refractivity contribution in [2.24, 2.45) is 23.7 Å². The number of ether oxygens (including phenoxy) is 2. The van der Waals surface area contributed by atoms with Crippen molar-refractivity contribution in [2.75, 3.05) is 14.2 Å². The third-order valence-electron chi connectivity index (χ3n) is 13.7. The highest BCUT2D eigenvalue weighted by Gasteiger charge is 2.56. The van der Waals surface area contributed by atoms with Crippen molar-refractivity contribution in [3.63, 3.8) is 0 Å². The van der Waals surface area contributed by atoms with Gasteiger partial charge in [0, 0.05) is 17.5 Å². The van der Waals surface area contributed by atoms with Crippen molar-refractivity contribution in [3.8, 4) is 22.4 Å². The number of piperidine rings is 2. The lowest BCUT2D eigenvalue weighted by atomic mass is 9.95. The number of carbonyl (C=O) groups excluding carboxylic acids is 4. The minimum Gasteiger partial charge on any atom is -0.453 e. The van der Waals surface area contributed by atoms with E-state index in [0.717, 1.165) is 94.4 Å². The van der Waals surface area contributed by atoms with Crippen LogP contribution in [0.5, 0.6) is 0 Å². The molecule has 60 heavy (non-hydrogen) atoms. The van der Waals surface area contributed by atoms with Crippen LogP contribution in [0, 0.1) is 23.7 Å². The zero-order valence-corrected chi connectivity index (χ0v) is 35.0. The topological polar surface area (TPSA) is 175 Å². The summed E-state index contributed by atoms with van der Waals surface area (Å²) in [6.45, 7) is 7.86. The van der Waals surface area contributed by atoms with Crippen LogP contribution in [0.25, 0.3) is 44.2 Å².